The van der Waals surface area contributed by atoms with Gasteiger partial charge in [-0.3, -0.25) is 20.4 Å². The van der Waals surface area contributed by atoms with Crippen LogP contribution in [0.15, 0.2) is 46.5 Å². The number of nitrogens with zero attached hydrogens (tertiary/aromatic N) is 3. The molecule has 5 rings (SSSR count). The molecule has 2 aromatic carbocycles. The zero-order valence-electron chi connectivity index (χ0n) is 32.4. The van der Waals surface area contributed by atoms with Crippen molar-refractivity contribution in [3.05, 3.63) is 58.5 Å². The summed E-state index contributed by atoms with van der Waals surface area (Å²) in [5, 5.41) is 8.39. The van der Waals surface area contributed by atoms with Crippen molar-refractivity contribution in [2.75, 3.05) is 49.4 Å². The lowest BCUT2D eigenvalue weighted by Crippen LogP contribution is -2.54. The van der Waals surface area contributed by atoms with E-state index in [0.717, 1.165) is 6.04 Å². The van der Waals surface area contributed by atoms with Gasteiger partial charge in [0.25, 0.3) is 0 Å². The third-order valence-electron chi connectivity index (χ3n) is 9.74. The highest BCUT2D eigenvalue weighted by Crippen LogP contribution is 2.45. The Morgan fingerprint density at radius 3 is 2.70 bits per heavy atom. The van der Waals surface area contributed by atoms with Crippen LogP contribution >= 0.6 is 11.6 Å². The molecule has 0 saturated carbocycles. The Kier molecular flexibility index (Phi) is 14.1. The monoisotopic (exact) mass is 812 g/mol. The van der Waals surface area contributed by atoms with Crippen LogP contribution in [0.1, 0.15) is 56.6 Å². The molecule has 17 heteroatoms. The van der Waals surface area contributed by atoms with E-state index in [-0.39, 0.29) is 35.3 Å². The molecule has 3 N–H and O–H groups in total. The summed E-state index contributed by atoms with van der Waals surface area (Å²) in [5.41, 5.74) is 0.604. The first-order valence-corrected chi connectivity index (χ1v) is 22.9. The van der Waals surface area contributed by atoms with Crippen LogP contribution in [0.5, 0.6) is 0 Å². The number of esters is 1. The number of ether oxygens (including phenoxy) is 4. The highest BCUT2D eigenvalue weighted by Gasteiger charge is 2.49. The first-order valence-electron chi connectivity index (χ1n) is 18.8. The number of likely N-dealkylation sites (tertiary alicyclic amines) is 1. The summed E-state index contributed by atoms with van der Waals surface area (Å²) in [7, 11) is -0.0869. The van der Waals surface area contributed by atoms with E-state index in [2.05, 4.69) is 40.6 Å². The maximum atomic E-state index is 15.6. The molecule has 0 bridgehead atoms. The van der Waals surface area contributed by atoms with E-state index in [4.69, 9.17) is 35.5 Å². The molecule has 1 saturated heterocycles. The number of carbonyl (C=O) groups excluding carboxylic acids is 4. The van der Waals surface area contributed by atoms with Gasteiger partial charge < -0.3 is 29.2 Å². The molecule has 1 spiro atoms. The average molecular weight is 813 g/mol. The van der Waals surface area contributed by atoms with Crippen molar-refractivity contribution < 1.29 is 42.5 Å². The van der Waals surface area contributed by atoms with Crippen molar-refractivity contribution in [1.29, 1.82) is 0 Å². The standard InChI is InChI=1S/C39H50ClFN6O8Si/c1-6-54-36(49)30-11-8-7-10-25(35(48)47-17-9-16-39(23-47)33-29(46-38(51)55-39)15-14-28(40)34(33)41)21-43-32(22-42-24-53-18-19-56(3,4)5)27-13-12-26(20-31(27)45-30)44-37(50)52-2/h12-15,20-22,24-25,30,45H,6-11,16-19,23H2,1-5H3,(H,44,50)(H,46,51)/b32-22-,42-24?,43-21?/t25?,30?,39-/m0/s1. The summed E-state index contributed by atoms with van der Waals surface area (Å²) in [6.45, 7) is 9.43. The fraction of sp³-hybridized carbons (Fsp3) is 0.487. The Morgan fingerprint density at radius 1 is 1.16 bits per heavy atom. The maximum absolute atomic E-state index is 15.6. The molecular weight excluding hydrogens is 763 g/mol. The van der Waals surface area contributed by atoms with E-state index in [1.807, 2.05) is 0 Å². The molecule has 56 heavy (non-hydrogen) atoms. The van der Waals surface area contributed by atoms with Gasteiger partial charge in [-0.25, -0.2) is 23.8 Å². The maximum Gasteiger partial charge on any atom is 0.412 e. The first-order chi connectivity index (χ1) is 26.7. The van der Waals surface area contributed by atoms with Crippen molar-refractivity contribution in [3.8, 4) is 0 Å². The predicted molar refractivity (Wildman–Crippen MR) is 217 cm³/mol. The van der Waals surface area contributed by atoms with Crippen molar-refractivity contribution >= 4 is 79.1 Å². The molecule has 3 atom stereocenters. The summed E-state index contributed by atoms with van der Waals surface area (Å²) >= 11 is 6.19. The van der Waals surface area contributed by atoms with Gasteiger partial charge in [-0.15, -0.1) is 0 Å². The number of aliphatic imine (C=N–C) groups is 2. The number of fused-ring (bicyclic) bond motifs is 3. The highest BCUT2D eigenvalue weighted by molar-refractivity contribution is 6.76. The molecule has 0 radical (unpaired) electrons. The lowest BCUT2D eigenvalue weighted by molar-refractivity contribution is -0.144. The normalized spacial score (nSPS) is 22.1. The number of rotatable bonds is 9. The van der Waals surface area contributed by atoms with E-state index < -0.39 is 49.6 Å². The topological polar surface area (TPSA) is 169 Å². The minimum absolute atomic E-state index is 0.0801. The van der Waals surface area contributed by atoms with Gasteiger partial charge in [-0.2, -0.15) is 0 Å². The SMILES string of the molecule is CCOC(=O)C1CCCCC(C(=O)N2CCC[C@@]3(C2)OC(=O)Nc2ccc(Cl)c(F)c23)C=N/C(=C\N=COCC[Si](C)(C)C)c2ccc(NC(=O)OC)cc2N1. The minimum atomic E-state index is -1.44. The van der Waals surface area contributed by atoms with Crippen molar-refractivity contribution in [2.24, 2.45) is 15.9 Å². The zero-order chi connectivity index (χ0) is 40.5. The minimum Gasteiger partial charge on any atom is -0.483 e. The van der Waals surface area contributed by atoms with Crippen LogP contribution in [0, 0.1) is 11.7 Å². The predicted octanol–water partition coefficient (Wildman–Crippen LogP) is 8.02. The summed E-state index contributed by atoms with van der Waals surface area (Å²) in [4.78, 5) is 63.4. The third-order valence-corrected chi connectivity index (χ3v) is 11.7. The Balaban J connectivity index is 1.52. The summed E-state index contributed by atoms with van der Waals surface area (Å²) in [6.07, 6.45) is 5.59. The molecule has 2 aromatic rings. The van der Waals surface area contributed by atoms with Crippen molar-refractivity contribution in [3.63, 3.8) is 0 Å². The number of hydrogen-bond acceptors (Lipinski definition) is 11. The van der Waals surface area contributed by atoms with Gasteiger partial charge in [0, 0.05) is 37.8 Å². The second-order valence-electron chi connectivity index (χ2n) is 15.1. The van der Waals surface area contributed by atoms with E-state index in [9.17, 15) is 19.2 Å². The van der Waals surface area contributed by atoms with E-state index in [1.54, 1.807) is 36.2 Å². The van der Waals surface area contributed by atoms with Crippen LogP contribution in [-0.4, -0.2) is 89.1 Å². The van der Waals surface area contributed by atoms with Crippen LogP contribution in [0.25, 0.3) is 5.70 Å². The number of halogens is 2. The molecule has 1 fully saturated rings. The Labute approximate surface area is 332 Å². The molecule has 302 valence electrons. The number of anilines is 3. The highest BCUT2D eigenvalue weighted by atomic mass is 35.5. The fourth-order valence-electron chi connectivity index (χ4n) is 6.89. The number of methoxy groups -OCH3 is 1. The average Bonchev–Trinajstić information content (AvgIpc) is 3.14. The Bertz CT molecular complexity index is 1890. The molecule has 2 unspecified atom stereocenters. The van der Waals surface area contributed by atoms with Crippen molar-refractivity contribution in [1.82, 2.24) is 4.90 Å². The molecular formula is C39H50ClFN6O8Si. The van der Waals surface area contributed by atoms with Gasteiger partial charge >= 0.3 is 18.2 Å². The Hall–Kier alpha value is -4.96. The van der Waals surface area contributed by atoms with Gasteiger partial charge in [0.05, 0.1) is 61.0 Å². The smallest absolute Gasteiger partial charge is 0.412 e. The number of amides is 3. The summed E-state index contributed by atoms with van der Waals surface area (Å²) in [6, 6.07) is 8.08. The van der Waals surface area contributed by atoms with E-state index in [1.165, 1.54) is 31.8 Å². The van der Waals surface area contributed by atoms with Gasteiger partial charge in [0.15, 0.2) is 17.8 Å². The quantitative estimate of drug-likeness (QED) is 0.0567. The molecule has 0 aliphatic carbocycles. The molecule has 3 amide bonds. The van der Waals surface area contributed by atoms with Gasteiger partial charge in [-0.1, -0.05) is 44.1 Å². The number of piperidine rings is 1. The number of nitrogens with one attached hydrogen (secondary N) is 3. The second-order valence-corrected chi connectivity index (χ2v) is 21.1. The van der Waals surface area contributed by atoms with Crippen LogP contribution in [0.2, 0.25) is 30.7 Å². The fourth-order valence-corrected chi connectivity index (χ4v) is 7.78. The van der Waals surface area contributed by atoms with Crippen LogP contribution in [0.3, 0.4) is 0 Å². The van der Waals surface area contributed by atoms with Gasteiger partial charge in [0.2, 0.25) is 5.91 Å². The van der Waals surface area contributed by atoms with E-state index in [0.29, 0.717) is 74.3 Å². The second kappa shape index (κ2) is 18.8. The largest absolute Gasteiger partial charge is 0.483 e. The zero-order valence-corrected chi connectivity index (χ0v) is 34.2. The molecule has 14 nitrogen and oxygen atoms in total. The van der Waals surface area contributed by atoms with Crippen LogP contribution in [-0.2, 0) is 34.1 Å². The lowest BCUT2D eigenvalue weighted by atomic mass is 9.82. The van der Waals surface area contributed by atoms with Crippen LogP contribution < -0.4 is 16.0 Å². The number of hydrogen-bond donors (Lipinski definition) is 3. The third kappa shape index (κ3) is 10.7. The molecule has 3 aliphatic heterocycles. The summed E-state index contributed by atoms with van der Waals surface area (Å²) < 4.78 is 37.3. The van der Waals surface area contributed by atoms with Crippen molar-refractivity contribution in [2.45, 2.75) is 82.8 Å². The Morgan fingerprint density at radius 2 is 1.95 bits per heavy atom. The number of carbonyl (C=O) groups is 4. The van der Waals surface area contributed by atoms with Gasteiger partial charge in [0.1, 0.15) is 6.04 Å². The van der Waals surface area contributed by atoms with Crippen LogP contribution in [0.4, 0.5) is 31.0 Å². The number of benzene rings is 2. The van der Waals surface area contributed by atoms with Gasteiger partial charge in [-0.05, 0) is 69.0 Å². The molecule has 0 aromatic heterocycles. The first kappa shape index (κ1) is 42.2. The summed E-state index contributed by atoms with van der Waals surface area (Å²) in [5.74, 6) is -2.19. The molecule has 3 aliphatic rings. The molecule has 3 heterocycles. The van der Waals surface area contributed by atoms with E-state index >= 15 is 4.39 Å². The lowest BCUT2D eigenvalue weighted by Gasteiger charge is -2.45.